The Morgan fingerprint density at radius 3 is 2.06 bits per heavy atom. The van der Waals surface area contributed by atoms with Crippen LogP contribution in [0, 0.1) is 0 Å². The fourth-order valence-corrected chi connectivity index (χ4v) is 6.41. The van der Waals surface area contributed by atoms with Gasteiger partial charge in [0.1, 0.15) is 5.75 Å². The van der Waals surface area contributed by atoms with Crippen LogP contribution < -0.4 is 9.30 Å². The van der Waals surface area contributed by atoms with E-state index in [1.54, 1.807) is 7.11 Å². The van der Waals surface area contributed by atoms with E-state index >= 15 is 0 Å². The van der Waals surface area contributed by atoms with Crippen molar-refractivity contribution in [3.63, 3.8) is 0 Å². The van der Waals surface area contributed by atoms with Crippen LogP contribution >= 0.6 is 0 Å². The van der Waals surface area contributed by atoms with Gasteiger partial charge in [-0.3, -0.25) is 0 Å². The number of ether oxygens (including phenoxy) is 1. The molecule has 0 N–H and O–H groups in total. The number of nitrogens with zero attached hydrogens (tertiary/aromatic N) is 1. The van der Waals surface area contributed by atoms with Crippen LogP contribution in [0.3, 0.4) is 0 Å². The Balaban J connectivity index is 1.79. The van der Waals surface area contributed by atoms with Crippen molar-refractivity contribution in [2.24, 2.45) is 0 Å². The number of pyridine rings is 1. The number of hydrogen-bond donors (Lipinski definition) is 0. The lowest BCUT2D eigenvalue weighted by molar-refractivity contribution is -0.769. The molecule has 31 heavy (non-hydrogen) atoms. The predicted molar refractivity (Wildman–Crippen MR) is 123 cm³/mol. The zero-order chi connectivity index (χ0) is 21.1. The second-order valence-electron chi connectivity index (χ2n) is 9.00. The largest absolute Gasteiger partial charge is 0.496 e. The van der Waals surface area contributed by atoms with Crippen molar-refractivity contribution >= 4 is 0 Å². The van der Waals surface area contributed by atoms with Crippen LogP contribution in [-0.4, -0.2) is 7.11 Å². The Labute approximate surface area is 183 Å². The van der Waals surface area contributed by atoms with Gasteiger partial charge in [-0.25, -0.2) is 0 Å². The minimum Gasteiger partial charge on any atom is -0.496 e. The first-order chi connectivity index (χ1) is 15.2. The lowest BCUT2D eigenvalue weighted by atomic mass is 9.50. The number of fused-ring (bicyclic) bond motifs is 1. The van der Waals surface area contributed by atoms with Crippen molar-refractivity contribution in [3.05, 3.63) is 131 Å². The molecule has 152 valence electrons. The molecule has 0 saturated carbocycles. The molecule has 2 atom stereocenters. The zero-order valence-corrected chi connectivity index (χ0v) is 18.0. The average molecular weight is 405 g/mol. The van der Waals surface area contributed by atoms with Gasteiger partial charge in [0.25, 0.3) is 0 Å². The minimum atomic E-state index is -0.180. The molecule has 0 radical (unpaired) electrons. The van der Waals surface area contributed by atoms with Gasteiger partial charge in [-0.1, -0.05) is 78.9 Å². The van der Waals surface area contributed by atoms with Crippen LogP contribution in [0.2, 0.25) is 0 Å². The molecule has 3 aromatic carbocycles. The summed E-state index contributed by atoms with van der Waals surface area (Å²) in [6, 6.07) is 35.3. The molecule has 4 aromatic rings. The average Bonchev–Trinajstić information content (AvgIpc) is 2.85. The summed E-state index contributed by atoms with van der Waals surface area (Å²) < 4.78 is 8.48. The second-order valence-corrected chi connectivity index (χ2v) is 9.00. The van der Waals surface area contributed by atoms with Crippen LogP contribution in [-0.2, 0) is 11.0 Å². The normalized spacial score (nSPS) is 22.5. The number of aromatic nitrogens is 1. The van der Waals surface area contributed by atoms with Crippen molar-refractivity contribution in [3.8, 4) is 5.75 Å². The summed E-state index contributed by atoms with van der Waals surface area (Å²) in [7, 11) is 1.80. The first kappa shape index (κ1) is 18.4. The monoisotopic (exact) mass is 404 g/mol. The highest BCUT2D eigenvalue weighted by atomic mass is 16.5. The minimum absolute atomic E-state index is 0.159. The van der Waals surface area contributed by atoms with Gasteiger partial charge in [0.2, 0.25) is 0 Å². The summed E-state index contributed by atoms with van der Waals surface area (Å²) in [5.74, 6) is 1.14. The summed E-state index contributed by atoms with van der Waals surface area (Å²) in [4.78, 5) is 0. The Bertz CT molecular complexity index is 1220. The lowest BCUT2D eigenvalue weighted by Crippen LogP contribution is -2.69. The molecule has 1 aromatic heterocycles. The van der Waals surface area contributed by atoms with Crippen molar-refractivity contribution in [1.29, 1.82) is 0 Å². The number of rotatable bonds is 3. The van der Waals surface area contributed by atoms with Gasteiger partial charge >= 0.3 is 0 Å². The van der Waals surface area contributed by atoms with E-state index in [0.29, 0.717) is 0 Å². The fourth-order valence-electron chi connectivity index (χ4n) is 6.41. The van der Waals surface area contributed by atoms with Crippen LogP contribution in [0.4, 0.5) is 0 Å². The van der Waals surface area contributed by atoms with Crippen molar-refractivity contribution < 1.29 is 9.30 Å². The molecule has 3 aliphatic rings. The molecule has 0 saturated heterocycles. The van der Waals surface area contributed by atoms with E-state index in [2.05, 4.69) is 115 Å². The van der Waals surface area contributed by atoms with E-state index in [0.717, 1.165) is 12.2 Å². The highest BCUT2D eigenvalue weighted by Gasteiger charge is 2.65. The maximum Gasteiger partial charge on any atom is 0.192 e. The van der Waals surface area contributed by atoms with Gasteiger partial charge in [0.05, 0.1) is 13.0 Å². The van der Waals surface area contributed by atoms with E-state index in [-0.39, 0.29) is 16.9 Å². The molecule has 2 unspecified atom stereocenters. The smallest absolute Gasteiger partial charge is 0.192 e. The third-order valence-corrected chi connectivity index (χ3v) is 7.57. The number of methoxy groups -OCH3 is 1. The van der Waals surface area contributed by atoms with Gasteiger partial charge in [-0.2, -0.15) is 4.57 Å². The third kappa shape index (κ3) is 2.31. The van der Waals surface area contributed by atoms with Crippen LogP contribution in [0.1, 0.15) is 47.2 Å². The Kier molecular flexibility index (Phi) is 3.89. The third-order valence-electron chi connectivity index (χ3n) is 7.57. The highest BCUT2D eigenvalue weighted by molar-refractivity contribution is 5.60. The molecule has 0 amide bonds. The van der Waals surface area contributed by atoms with Crippen LogP contribution in [0.15, 0.2) is 103 Å². The van der Waals surface area contributed by atoms with Gasteiger partial charge < -0.3 is 4.74 Å². The molecular formula is C29H26NO+. The molecule has 1 aliphatic carbocycles. The molecule has 2 bridgehead atoms. The topological polar surface area (TPSA) is 13.1 Å². The van der Waals surface area contributed by atoms with E-state index in [4.69, 9.17) is 4.74 Å². The van der Waals surface area contributed by atoms with Crippen molar-refractivity contribution in [1.82, 2.24) is 0 Å². The first-order valence-electron chi connectivity index (χ1n) is 11.0. The molecule has 0 spiro atoms. The van der Waals surface area contributed by atoms with Gasteiger partial charge in [-0.15, -0.1) is 0 Å². The summed E-state index contributed by atoms with van der Waals surface area (Å²) in [6.07, 6.45) is 3.26. The second kappa shape index (κ2) is 6.55. The van der Waals surface area contributed by atoms with E-state index in [9.17, 15) is 0 Å². The van der Waals surface area contributed by atoms with Crippen LogP contribution in [0.5, 0.6) is 5.75 Å². The Hall–Kier alpha value is -3.39. The van der Waals surface area contributed by atoms with E-state index < -0.39 is 0 Å². The Morgan fingerprint density at radius 2 is 1.42 bits per heavy atom. The molecule has 2 heteroatoms. The van der Waals surface area contributed by atoms with Gasteiger partial charge in [-0.05, 0) is 17.2 Å². The van der Waals surface area contributed by atoms with E-state index in [1.807, 2.05) is 0 Å². The molecular weight excluding hydrogens is 378 g/mol. The highest BCUT2D eigenvalue weighted by Crippen LogP contribution is 2.62. The molecule has 2 nitrogen and oxygen atoms in total. The van der Waals surface area contributed by atoms with Crippen LogP contribution in [0.25, 0.3) is 0 Å². The number of hydrogen-bond acceptors (Lipinski definition) is 1. The SMILES string of the molecule is COc1cccc2c1C1c3cccc[n+]3C2(C)CC1(c1ccccc1)c1ccccc1. The number of benzene rings is 3. The van der Waals surface area contributed by atoms with Crippen molar-refractivity contribution in [2.75, 3.05) is 7.11 Å². The maximum atomic E-state index is 5.98. The molecule has 7 rings (SSSR count). The Morgan fingerprint density at radius 1 is 0.774 bits per heavy atom. The zero-order valence-electron chi connectivity index (χ0n) is 18.0. The lowest BCUT2D eigenvalue weighted by Gasteiger charge is -2.54. The maximum absolute atomic E-state index is 5.98. The summed E-state index contributed by atoms with van der Waals surface area (Å²) in [5.41, 5.74) is 6.43. The molecule has 3 heterocycles. The fraction of sp³-hybridized carbons (Fsp3) is 0.207. The summed E-state index contributed by atoms with van der Waals surface area (Å²) in [5, 5.41) is 0. The standard InChI is InChI=1S/C29H26NO/c1-28-20-29(21-12-5-3-6-13-21,22-14-7-4-8-15-22)27(24-17-9-10-19-30(24)28)26-23(28)16-11-18-25(26)31-2/h3-19,27H,20H2,1-2H3/q+1. The summed E-state index contributed by atoms with van der Waals surface area (Å²) >= 11 is 0. The first-order valence-corrected chi connectivity index (χ1v) is 11.0. The van der Waals surface area contributed by atoms with Gasteiger partial charge in [0.15, 0.2) is 17.4 Å². The van der Waals surface area contributed by atoms with Crippen molar-refractivity contribution in [2.45, 2.75) is 30.2 Å². The molecule has 2 aliphatic heterocycles. The van der Waals surface area contributed by atoms with Gasteiger partial charge in [0, 0.05) is 42.0 Å². The quantitative estimate of drug-likeness (QED) is 0.406. The molecule has 0 fully saturated rings. The summed E-state index contributed by atoms with van der Waals surface area (Å²) in [6.45, 7) is 2.39. The predicted octanol–water partition coefficient (Wildman–Crippen LogP) is 5.58. The van der Waals surface area contributed by atoms with E-state index in [1.165, 1.54) is 27.9 Å².